The van der Waals surface area contributed by atoms with Crippen molar-refractivity contribution in [2.24, 2.45) is 11.8 Å². The molecule has 144 valence electrons. The summed E-state index contributed by atoms with van der Waals surface area (Å²) in [6, 6.07) is 4.09. The first-order valence-corrected chi connectivity index (χ1v) is 10.2. The minimum Gasteiger partial charge on any atom is -0.356 e. The highest BCUT2D eigenvalue weighted by Gasteiger charge is 2.41. The molecule has 8 nitrogen and oxygen atoms in total. The van der Waals surface area contributed by atoms with Gasteiger partial charge >= 0.3 is 0 Å². The number of hydrogen-bond acceptors (Lipinski definition) is 7. The predicted molar refractivity (Wildman–Crippen MR) is 110 cm³/mol. The lowest BCUT2D eigenvalue weighted by atomic mass is 10.0. The standard InChI is InChI=1S/C19H21BrN8/c1-12-3-13(2)28(25-12)18-4-17(23-11-24-18)26-7-14-9-27(10-15(14)8-26)19-21-5-16(20)6-22-19/h3-6,11,14-15H,7-10H2,1-2H3. The second-order valence-electron chi connectivity index (χ2n) is 7.60. The lowest BCUT2D eigenvalue weighted by Crippen LogP contribution is -2.30. The summed E-state index contributed by atoms with van der Waals surface area (Å²) in [5.74, 6) is 3.80. The highest BCUT2D eigenvalue weighted by Crippen LogP contribution is 2.34. The fraction of sp³-hybridized carbons (Fsp3) is 0.421. The molecule has 2 fully saturated rings. The van der Waals surface area contributed by atoms with E-state index in [4.69, 9.17) is 0 Å². The van der Waals surface area contributed by atoms with Gasteiger partial charge in [-0.3, -0.25) is 0 Å². The zero-order valence-corrected chi connectivity index (χ0v) is 17.4. The van der Waals surface area contributed by atoms with Gasteiger partial charge in [0, 0.05) is 62.2 Å². The highest BCUT2D eigenvalue weighted by molar-refractivity contribution is 9.10. The van der Waals surface area contributed by atoms with Gasteiger partial charge in [0.25, 0.3) is 0 Å². The SMILES string of the molecule is Cc1cc(C)n(-c2cc(N3CC4CN(c5ncc(Br)cn5)CC4C3)ncn2)n1. The number of aryl methyl sites for hydroxylation is 2. The summed E-state index contributed by atoms with van der Waals surface area (Å²) in [5, 5.41) is 4.54. The van der Waals surface area contributed by atoms with Crippen LogP contribution in [-0.4, -0.2) is 55.9 Å². The number of halogens is 1. The predicted octanol–water partition coefficient (Wildman–Crippen LogP) is 2.40. The summed E-state index contributed by atoms with van der Waals surface area (Å²) in [6.45, 7) is 7.99. The number of hydrogen-bond donors (Lipinski definition) is 0. The number of nitrogens with zero attached hydrogens (tertiary/aromatic N) is 8. The molecule has 5 heterocycles. The maximum absolute atomic E-state index is 4.54. The molecule has 0 bridgehead atoms. The van der Waals surface area contributed by atoms with E-state index in [0.29, 0.717) is 11.8 Å². The van der Waals surface area contributed by atoms with Crippen molar-refractivity contribution in [1.29, 1.82) is 0 Å². The van der Waals surface area contributed by atoms with Gasteiger partial charge in [0.1, 0.15) is 12.1 Å². The third-order valence-electron chi connectivity index (χ3n) is 5.56. The third kappa shape index (κ3) is 3.13. The highest BCUT2D eigenvalue weighted by atomic mass is 79.9. The van der Waals surface area contributed by atoms with E-state index < -0.39 is 0 Å². The second-order valence-corrected chi connectivity index (χ2v) is 8.52. The fourth-order valence-electron chi connectivity index (χ4n) is 4.30. The molecule has 28 heavy (non-hydrogen) atoms. The third-order valence-corrected chi connectivity index (χ3v) is 5.97. The number of rotatable bonds is 3. The molecule has 0 aromatic carbocycles. The summed E-state index contributed by atoms with van der Waals surface area (Å²) < 4.78 is 2.79. The molecule has 0 aliphatic carbocycles. The van der Waals surface area contributed by atoms with Crippen LogP contribution in [-0.2, 0) is 0 Å². The molecule has 0 saturated carbocycles. The van der Waals surface area contributed by atoms with Crippen molar-refractivity contribution in [2.45, 2.75) is 13.8 Å². The van der Waals surface area contributed by atoms with E-state index >= 15 is 0 Å². The van der Waals surface area contributed by atoms with Gasteiger partial charge in [0.2, 0.25) is 5.95 Å². The molecule has 0 spiro atoms. The molecule has 2 atom stereocenters. The molecule has 3 aromatic heterocycles. The van der Waals surface area contributed by atoms with E-state index in [0.717, 1.165) is 59.6 Å². The van der Waals surface area contributed by atoms with Crippen LogP contribution in [0, 0.1) is 25.7 Å². The molecule has 2 saturated heterocycles. The zero-order valence-electron chi connectivity index (χ0n) is 15.8. The van der Waals surface area contributed by atoms with E-state index in [-0.39, 0.29) is 0 Å². The van der Waals surface area contributed by atoms with Crippen LogP contribution < -0.4 is 9.80 Å². The number of aromatic nitrogens is 6. The molecule has 9 heteroatoms. The quantitative estimate of drug-likeness (QED) is 0.618. The Morgan fingerprint density at radius 3 is 2.14 bits per heavy atom. The molecule has 0 amide bonds. The van der Waals surface area contributed by atoms with Crippen molar-refractivity contribution in [3.05, 3.63) is 46.7 Å². The van der Waals surface area contributed by atoms with Crippen LogP contribution in [0.15, 0.2) is 35.3 Å². The van der Waals surface area contributed by atoms with E-state index in [2.05, 4.69) is 56.8 Å². The zero-order chi connectivity index (χ0) is 19.3. The van der Waals surface area contributed by atoms with Gasteiger partial charge in [-0.1, -0.05) is 0 Å². The molecule has 2 unspecified atom stereocenters. The first kappa shape index (κ1) is 17.5. The first-order chi connectivity index (χ1) is 13.6. The van der Waals surface area contributed by atoms with Gasteiger partial charge in [-0.05, 0) is 35.8 Å². The average molecular weight is 441 g/mol. The summed E-state index contributed by atoms with van der Waals surface area (Å²) >= 11 is 3.40. The van der Waals surface area contributed by atoms with Gasteiger partial charge in [0.05, 0.1) is 10.2 Å². The minimum absolute atomic E-state index is 0.597. The monoisotopic (exact) mass is 440 g/mol. The number of fused-ring (bicyclic) bond motifs is 1. The average Bonchev–Trinajstić information content (AvgIpc) is 3.35. The van der Waals surface area contributed by atoms with Crippen LogP contribution in [0.3, 0.4) is 0 Å². The van der Waals surface area contributed by atoms with E-state index in [1.54, 1.807) is 6.33 Å². The molecule has 5 rings (SSSR count). The van der Waals surface area contributed by atoms with E-state index in [1.165, 1.54) is 0 Å². The van der Waals surface area contributed by atoms with Gasteiger partial charge < -0.3 is 9.80 Å². The van der Waals surface area contributed by atoms with Crippen LogP contribution in [0.1, 0.15) is 11.4 Å². The smallest absolute Gasteiger partial charge is 0.225 e. The Balaban J connectivity index is 1.31. The Kier molecular flexibility index (Phi) is 4.26. The minimum atomic E-state index is 0.597. The second kappa shape index (κ2) is 6.80. The largest absolute Gasteiger partial charge is 0.356 e. The maximum Gasteiger partial charge on any atom is 0.225 e. The van der Waals surface area contributed by atoms with Crippen molar-refractivity contribution in [2.75, 3.05) is 36.0 Å². The molecular formula is C19H21BrN8. The van der Waals surface area contributed by atoms with Crippen molar-refractivity contribution in [3.63, 3.8) is 0 Å². The topological polar surface area (TPSA) is 75.9 Å². The first-order valence-electron chi connectivity index (χ1n) is 9.40. The van der Waals surface area contributed by atoms with Gasteiger partial charge in [0.15, 0.2) is 5.82 Å². The van der Waals surface area contributed by atoms with E-state index in [1.807, 2.05) is 37.0 Å². The lowest BCUT2D eigenvalue weighted by Gasteiger charge is -2.22. The Labute approximate surface area is 171 Å². The van der Waals surface area contributed by atoms with Crippen molar-refractivity contribution in [1.82, 2.24) is 29.7 Å². The summed E-state index contributed by atoms with van der Waals surface area (Å²) in [4.78, 5) is 22.5. The van der Waals surface area contributed by atoms with Gasteiger partial charge in [-0.2, -0.15) is 5.10 Å². The lowest BCUT2D eigenvalue weighted by molar-refractivity contribution is 0.533. The Bertz CT molecular complexity index is 987. The van der Waals surface area contributed by atoms with Crippen LogP contribution in [0.25, 0.3) is 5.82 Å². The molecule has 2 aliphatic heterocycles. The molecule has 0 N–H and O–H groups in total. The van der Waals surface area contributed by atoms with Gasteiger partial charge in [-0.15, -0.1) is 0 Å². The van der Waals surface area contributed by atoms with Crippen molar-refractivity contribution in [3.8, 4) is 5.82 Å². The summed E-state index contributed by atoms with van der Waals surface area (Å²) in [5.41, 5.74) is 2.06. The molecule has 0 radical (unpaired) electrons. The molecule has 2 aliphatic rings. The fourth-order valence-corrected chi connectivity index (χ4v) is 4.50. The Morgan fingerprint density at radius 1 is 0.857 bits per heavy atom. The molecule has 3 aromatic rings. The van der Waals surface area contributed by atoms with Crippen LogP contribution in [0.4, 0.5) is 11.8 Å². The Hall–Kier alpha value is -2.55. The molecular weight excluding hydrogens is 420 g/mol. The summed E-state index contributed by atoms with van der Waals surface area (Å²) in [6.07, 6.45) is 5.26. The van der Waals surface area contributed by atoms with Crippen LogP contribution in [0.2, 0.25) is 0 Å². The Morgan fingerprint density at radius 2 is 1.50 bits per heavy atom. The van der Waals surface area contributed by atoms with Crippen molar-refractivity contribution >= 4 is 27.7 Å². The van der Waals surface area contributed by atoms with Crippen LogP contribution >= 0.6 is 15.9 Å². The number of anilines is 2. The van der Waals surface area contributed by atoms with Gasteiger partial charge in [-0.25, -0.2) is 24.6 Å². The summed E-state index contributed by atoms with van der Waals surface area (Å²) in [7, 11) is 0. The van der Waals surface area contributed by atoms with E-state index in [9.17, 15) is 0 Å². The normalized spacial score (nSPS) is 21.4. The van der Waals surface area contributed by atoms with Crippen molar-refractivity contribution < 1.29 is 0 Å². The maximum atomic E-state index is 4.54. The van der Waals surface area contributed by atoms with Crippen LogP contribution in [0.5, 0.6) is 0 Å².